The number of nitrogens with zero attached hydrogens (tertiary/aromatic N) is 1. The Hall–Kier alpha value is -1.30. The number of hydrogen-bond donors (Lipinski definition) is 0. The van der Waals surface area contributed by atoms with Gasteiger partial charge in [-0.3, -0.25) is 4.79 Å². The zero-order valence-corrected chi connectivity index (χ0v) is 11.4. The molecule has 1 aromatic rings. The second-order valence-corrected chi connectivity index (χ2v) is 6.82. The summed E-state index contributed by atoms with van der Waals surface area (Å²) in [6.07, 6.45) is 1.24. The summed E-state index contributed by atoms with van der Waals surface area (Å²) >= 11 is 0. The van der Waals surface area contributed by atoms with Gasteiger partial charge in [0, 0.05) is 19.5 Å². The van der Waals surface area contributed by atoms with Crippen LogP contribution < -0.4 is 0 Å². The molecule has 0 bridgehead atoms. The molecule has 100 valence electrons. The molecule has 1 saturated heterocycles. The predicted octanol–water partition coefficient (Wildman–Crippen LogP) is 1.10. The van der Waals surface area contributed by atoms with Gasteiger partial charge in [0.05, 0.1) is 11.5 Å². The smallest absolute Gasteiger partial charge is 0.289 e. The first kappa shape index (κ1) is 13.1. The van der Waals surface area contributed by atoms with Gasteiger partial charge in [0.1, 0.15) is 5.76 Å². The van der Waals surface area contributed by atoms with E-state index in [1.165, 1.54) is 4.90 Å². The van der Waals surface area contributed by atoms with Crippen molar-refractivity contribution in [2.45, 2.75) is 25.8 Å². The minimum Gasteiger partial charge on any atom is -0.456 e. The Labute approximate surface area is 107 Å². The fourth-order valence-electron chi connectivity index (χ4n) is 2.10. The van der Waals surface area contributed by atoms with Crippen LogP contribution in [-0.4, -0.2) is 43.8 Å². The summed E-state index contributed by atoms with van der Waals surface area (Å²) in [4.78, 5) is 13.6. The second kappa shape index (κ2) is 4.76. The lowest BCUT2D eigenvalue weighted by Gasteiger charge is -2.22. The molecule has 2 rings (SSSR count). The van der Waals surface area contributed by atoms with Gasteiger partial charge in [0.15, 0.2) is 15.6 Å². The molecule has 0 spiro atoms. The summed E-state index contributed by atoms with van der Waals surface area (Å²) in [5, 5.41) is 0. The normalized spacial score (nSPS) is 22.0. The highest BCUT2D eigenvalue weighted by Gasteiger charge is 2.33. The molecule has 2 heterocycles. The average molecular weight is 271 g/mol. The van der Waals surface area contributed by atoms with E-state index in [1.54, 1.807) is 19.2 Å². The maximum atomic E-state index is 12.1. The number of hydrogen-bond acceptors (Lipinski definition) is 4. The van der Waals surface area contributed by atoms with Crippen molar-refractivity contribution in [2.75, 3.05) is 18.6 Å². The molecule has 6 heteroatoms. The van der Waals surface area contributed by atoms with Crippen molar-refractivity contribution in [1.82, 2.24) is 4.90 Å². The van der Waals surface area contributed by atoms with Gasteiger partial charge >= 0.3 is 0 Å². The van der Waals surface area contributed by atoms with Gasteiger partial charge in [-0.25, -0.2) is 8.42 Å². The van der Waals surface area contributed by atoms with Crippen LogP contribution in [0.5, 0.6) is 0 Å². The molecule has 0 aliphatic carbocycles. The van der Waals surface area contributed by atoms with Crippen molar-refractivity contribution < 1.29 is 17.6 Å². The van der Waals surface area contributed by atoms with E-state index in [4.69, 9.17) is 4.42 Å². The molecule has 1 fully saturated rings. The Bertz CT molecular complexity index is 546. The lowest BCUT2D eigenvalue weighted by atomic mass is 10.2. The Morgan fingerprint density at radius 2 is 2.22 bits per heavy atom. The molecule has 1 aromatic heterocycles. The SMILES string of the molecule is CCc1ccc(C(=O)N(C)C2CCS(=O)(=O)C2)o1. The van der Waals surface area contributed by atoms with Crippen molar-refractivity contribution in [3.8, 4) is 0 Å². The summed E-state index contributed by atoms with van der Waals surface area (Å²) in [5.74, 6) is 0.991. The van der Waals surface area contributed by atoms with Crippen LogP contribution in [-0.2, 0) is 16.3 Å². The van der Waals surface area contributed by atoms with Crippen LogP contribution in [0.2, 0.25) is 0 Å². The molecule has 0 aromatic carbocycles. The van der Waals surface area contributed by atoms with Crippen molar-refractivity contribution >= 4 is 15.7 Å². The first-order valence-electron chi connectivity index (χ1n) is 5.99. The highest BCUT2D eigenvalue weighted by molar-refractivity contribution is 7.91. The third-order valence-electron chi connectivity index (χ3n) is 3.30. The van der Waals surface area contributed by atoms with Crippen molar-refractivity contribution in [3.05, 3.63) is 23.7 Å². The number of aryl methyl sites for hydroxylation is 1. The standard InChI is InChI=1S/C12H17NO4S/c1-3-10-4-5-11(17-10)12(14)13(2)9-6-7-18(15,16)8-9/h4-5,9H,3,6-8H2,1-2H3. The Kier molecular flexibility index (Phi) is 3.47. The third kappa shape index (κ3) is 2.58. The lowest BCUT2D eigenvalue weighted by molar-refractivity contribution is 0.0714. The van der Waals surface area contributed by atoms with Gasteiger partial charge in [0.25, 0.3) is 5.91 Å². The molecular weight excluding hydrogens is 254 g/mol. The van der Waals surface area contributed by atoms with Gasteiger partial charge in [-0.2, -0.15) is 0 Å². The van der Waals surface area contributed by atoms with E-state index in [0.717, 1.165) is 12.2 Å². The Balaban J connectivity index is 2.09. The molecular formula is C12H17NO4S. The summed E-state index contributed by atoms with van der Waals surface area (Å²) in [7, 11) is -1.35. The van der Waals surface area contributed by atoms with E-state index in [-0.39, 0.29) is 29.2 Å². The quantitative estimate of drug-likeness (QED) is 0.825. The summed E-state index contributed by atoms with van der Waals surface area (Å²) in [6, 6.07) is 3.17. The second-order valence-electron chi connectivity index (χ2n) is 4.59. The molecule has 1 amide bonds. The monoisotopic (exact) mass is 271 g/mol. The van der Waals surface area contributed by atoms with Crippen molar-refractivity contribution in [3.63, 3.8) is 0 Å². The van der Waals surface area contributed by atoms with E-state index in [0.29, 0.717) is 6.42 Å². The van der Waals surface area contributed by atoms with Gasteiger partial charge in [-0.05, 0) is 18.6 Å². The van der Waals surface area contributed by atoms with Crippen LogP contribution in [0, 0.1) is 0 Å². The summed E-state index contributed by atoms with van der Waals surface area (Å²) < 4.78 is 28.2. The van der Waals surface area contributed by atoms with Gasteiger partial charge < -0.3 is 9.32 Å². The molecule has 0 saturated carbocycles. The van der Waals surface area contributed by atoms with Crippen LogP contribution in [0.25, 0.3) is 0 Å². The fourth-order valence-corrected chi connectivity index (χ4v) is 3.88. The summed E-state index contributed by atoms with van der Waals surface area (Å²) in [6.45, 7) is 1.94. The van der Waals surface area contributed by atoms with Crippen molar-refractivity contribution in [1.29, 1.82) is 0 Å². The average Bonchev–Trinajstić information content (AvgIpc) is 2.93. The zero-order chi connectivity index (χ0) is 13.3. The van der Waals surface area contributed by atoms with E-state index >= 15 is 0 Å². The molecule has 0 N–H and O–H groups in total. The molecule has 1 unspecified atom stereocenters. The number of carbonyl (C=O) groups is 1. The van der Waals surface area contributed by atoms with Gasteiger partial charge in [0.2, 0.25) is 0 Å². The van der Waals surface area contributed by atoms with E-state index in [9.17, 15) is 13.2 Å². The summed E-state index contributed by atoms with van der Waals surface area (Å²) in [5.41, 5.74) is 0. The van der Waals surface area contributed by atoms with Crippen LogP contribution in [0.1, 0.15) is 29.7 Å². The minimum atomic E-state index is -2.98. The molecule has 1 aliphatic rings. The van der Waals surface area contributed by atoms with Gasteiger partial charge in [-0.1, -0.05) is 6.92 Å². The first-order valence-corrected chi connectivity index (χ1v) is 7.81. The lowest BCUT2D eigenvalue weighted by Crippen LogP contribution is -2.37. The van der Waals surface area contributed by atoms with Crippen LogP contribution in [0.3, 0.4) is 0 Å². The van der Waals surface area contributed by atoms with E-state index in [1.807, 2.05) is 6.92 Å². The van der Waals surface area contributed by atoms with Crippen molar-refractivity contribution in [2.24, 2.45) is 0 Å². The maximum absolute atomic E-state index is 12.1. The minimum absolute atomic E-state index is 0.0522. The maximum Gasteiger partial charge on any atom is 0.289 e. The highest BCUT2D eigenvalue weighted by Crippen LogP contribution is 2.19. The zero-order valence-electron chi connectivity index (χ0n) is 10.5. The number of sulfone groups is 1. The third-order valence-corrected chi connectivity index (χ3v) is 5.05. The molecule has 1 atom stereocenters. The number of furan rings is 1. The molecule has 0 radical (unpaired) electrons. The fraction of sp³-hybridized carbons (Fsp3) is 0.583. The largest absolute Gasteiger partial charge is 0.456 e. The number of rotatable bonds is 3. The molecule has 18 heavy (non-hydrogen) atoms. The molecule has 1 aliphatic heterocycles. The number of amides is 1. The Morgan fingerprint density at radius 1 is 1.50 bits per heavy atom. The van der Waals surface area contributed by atoms with Crippen LogP contribution in [0.4, 0.5) is 0 Å². The van der Waals surface area contributed by atoms with E-state index in [2.05, 4.69) is 0 Å². The topological polar surface area (TPSA) is 67.6 Å². The van der Waals surface area contributed by atoms with Crippen LogP contribution >= 0.6 is 0 Å². The van der Waals surface area contributed by atoms with Gasteiger partial charge in [-0.15, -0.1) is 0 Å². The van der Waals surface area contributed by atoms with E-state index < -0.39 is 9.84 Å². The van der Waals surface area contributed by atoms with Crippen LogP contribution in [0.15, 0.2) is 16.5 Å². The molecule has 5 nitrogen and oxygen atoms in total. The predicted molar refractivity (Wildman–Crippen MR) is 67.2 cm³/mol. The highest BCUT2D eigenvalue weighted by atomic mass is 32.2. The Morgan fingerprint density at radius 3 is 2.72 bits per heavy atom. The number of carbonyl (C=O) groups excluding carboxylic acids is 1. The first-order chi connectivity index (χ1) is 8.43.